The first-order chi connectivity index (χ1) is 6.24. The van der Waals surface area contributed by atoms with Gasteiger partial charge in [0.2, 0.25) is 0 Å². The summed E-state index contributed by atoms with van der Waals surface area (Å²) in [5.41, 5.74) is 3.58. The van der Waals surface area contributed by atoms with Crippen molar-refractivity contribution in [2.75, 3.05) is 11.9 Å². The van der Waals surface area contributed by atoms with Gasteiger partial charge in [-0.2, -0.15) is 0 Å². The van der Waals surface area contributed by atoms with Crippen LogP contribution in [0.25, 0.3) is 0 Å². The standard InChI is InChI=1S/C10H11Cl2N/c1-8-3-4-9(7-10(8)12)13-6-2-5-11/h2-5,7,13H,6H2,1H3/b5-2+. The fourth-order valence-corrected chi connectivity index (χ4v) is 1.19. The average molecular weight is 216 g/mol. The number of hydrogen-bond acceptors (Lipinski definition) is 1. The molecule has 0 saturated carbocycles. The van der Waals surface area contributed by atoms with Crippen molar-refractivity contribution >= 4 is 28.9 Å². The second-order valence-electron chi connectivity index (χ2n) is 2.71. The highest BCUT2D eigenvalue weighted by atomic mass is 35.5. The lowest BCUT2D eigenvalue weighted by Crippen LogP contribution is -1.97. The highest BCUT2D eigenvalue weighted by molar-refractivity contribution is 6.31. The molecule has 0 fully saturated rings. The van der Waals surface area contributed by atoms with E-state index in [9.17, 15) is 0 Å². The Labute approximate surface area is 88.4 Å². The van der Waals surface area contributed by atoms with Crippen LogP contribution in [0.2, 0.25) is 5.02 Å². The highest BCUT2D eigenvalue weighted by Crippen LogP contribution is 2.19. The maximum atomic E-state index is 5.94. The van der Waals surface area contributed by atoms with Crippen LogP contribution in [-0.4, -0.2) is 6.54 Å². The van der Waals surface area contributed by atoms with E-state index in [2.05, 4.69) is 5.32 Å². The van der Waals surface area contributed by atoms with Gasteiger partial charge in [0, 0.05) is 22.8 Å². The molecule has 13 heavy (non-hydrogen) atoms. The van der Waals surface area contributed by atoms with E-state index >= 15 is 0 Å². The van der Waals surface area contributed by atoms with Gasteiger partial charge >= 0.3 is 0 Å². The summed E-state index contributed by atoms with van der Waals surface area (Å²) in [5.74, 6) is 0. The van der Waals surface area contributed by atoms with E-state index in [0.717, 1.165) is 16.3 Å². The lowest BCUT2D eigenvalue weighted by Gasteiger charge is -2.04. The lowest BCUT2D eigenvalue weighted by molar-refractivity contribution is 1.33. The van der Waals surface area contributed by atoms with Crippen LogP contribution in [0, 0.1) is 6.92 Å². The summed E-state index contributed by atoms with van der Waals surface area (Å²) in [6.45, 7) is 2.69. The molecule has 0 spiro atoms. The zero-order chi connectivity index (χ0) is 9.68. The van der Waals surface area contributed by atoms with Gasteiger partial charge in [0.25, 0.3) is 0 Å². The number of rotatable bonds is 3. The Balaban J connectivity index is 2.63. The molecule has 0 radical (unpaired) electrons. The smallest absolute Gasteiger partial charge is 0.0455 e. The van der Waals surface area contributed by atoms with Gasteiger partial charge < -0.3 is 5.32 Å². The van der Waals surface area contributed by atoms with Crippen molar-refractivity contribution in [2.24, 2.45) is 0 Å². The molecular weight excluding hydrogens is 205 g/mol. The zero-order valence-electron chi connectivity index (χ0n) is 7.35. The van der Waals surface area contributed by atoms with Gasteiger partial charge in [0.1, 0.15) is 0 Å². The third-order valence-corrected chi connectivity index (χ3v) is 2.27. The molecule has 1 rings (SSSR count). The second-order valence-corrected chi connectivity index (χ2v) is 3.37. The highest BCUT2D eigenvalue weighted by Gasteiger charge is 1.95. The van der Waals surface area contributed by atoms with Crippen LogP contribution in [0.4, 0.5) is 5.69 Å². The van der Waals surface area contributed by atoms with Gasteiger partial charge in [0.05, 0.1) is 0 Å². The molecule has 0 heterocycles. The van der Waals surface area contributed by atoms with Crippen molar-refractivity contribution in [1.82, 2.24) is 0 Å². The fourth-order valence-electron chi connectivity index (χ4n) is 0.924. The van der Waals surface area contributed by atoms with E-state index in [4.69, 9.17) is 23.2 Å². The van der Waals surface area contributed by atoms with E-state index in [1.165, 1.54) is 5.54 Å². The van der Waals surface area contributed by atoms with Gasteiger partial charge in [-0.05, 0) is 24.6 Å². The molecule has 1 nitrogen and oxygen atoms in total. The third-order valence-electron chi connectivity index (χ3n) is 1.68. The van der Waals surface area contributed by atoms with Gasteiger partial charge in [-0.25, -0.2) is 0 Å². The molecule has 0 amide bonds. The summed E-state index contributed by atoms with van der Waals surface area (Å²) in [4.78, 5) is 0. The van der Waals surface area contributed by atoms with Crippen LogP contribution >= 0.6 is 23.2 Å². The Morgan fingerprint density at radius 2 is 2.23 bits per heavy atom. The minimum absolute atomic E-state index is 0.711. The summed E-state index contributed by atoms with van der Waals surface area (Å²) in [6.07, 6.45) is 1.83. The van der Waals surface area contributed by atoms with Crippen molar-refractivity contribution in [2.45, 2.75) is 6.92 Å². The molecular formula is C10H11Cl2N. The molecule has 0 saturated heterocycles. The minimum atomic E-state index is 0.711. The Hall–Kier alpha value is -0.660. The van der Waals surface area contributed by atoms with E-state index < -0.39 is 0 Å². The van der Waals surface area contributed by atoms with Crippen molar-refractivity contribution in [1.29, 1.82) is 0 Å². The van der Waals surface area contributed by atoms with Crippen molar-refractivity contribution < 1.29 is 0 Å². The maximum Gasteiger partial charge on any atom is 0.0455 e. The topological polar surface area (TPSA) is 12.0 Å². The number of nitrogens with one attached hydrogen (secondary N) is 1. The summed E-state index contributed by atoms with van der Waals surface area (Å²) in [7, 11) is 0. The molecule has 1 aromatic rings. The van der Waals surface area contributed by atoms with Crippen LogP contribution in [0.5, 0.6) is 0 Å². The second kappa shape index (κ2) is 5.15. The van der Waals surface area contributed by atoms with Gasteiger partial charge in [-0.3, -0.25) is 0 Å². The van der Waals surface area contributed by atoms with Crippen LogP contribution < -0.4 is 5.32 Å². The molecule has 3 heteroatoms. The monoisotopic (exact) mass is 215 g/mol. The number of halogens is 2. The van der Waals surface area contributed by atoms with E-state index in [0.29, 0.717) is 6.54 Å². The van der Waals surface area contributed by atoms with Crippen molar-refractivity contribution in [3.8, 4) is 0 Å². The predicted molar refractivity (Wildman–Crippen MR) is 59.7 cm³/mol. The third kappa shape index (κ3) is 3.29. The first-order valence-electron chi connectivity index (χ1n) is 3.99. The molecule has 0 bridgehead atoms. The summed E-state index contributed by atoms with van der Waals surface area (Å²) in [5, 5.41) is 3.94. The van der Waals surface area contributed by atoms with Crippen LogP contribution in [0.3, 0.4) is 0 Å². The molecule has 1 N–H and O–H groups in total. The SMILES string of the molecule is Cc1ccc(NC/C=C/Cl)cc1Cl. The number of hydrogen-bond donors (Lipinski definition) is 1. The van der Waals surface area contributed by atoms with Gasteiger partial charge in [-0.15, -0.1) is 0 Å². The Morgan fingerprint density at radius 1 is 1.46 bits per heavy atom. The molecule has 0 aliphatic carbocycles. The molecule has 0 aliphatic rings. The number of aryl methyl sites for hydroxylation is 1. The van der Waals surface area contributed by atoms with Crippen molar-refractivity contribution in [3.05, 3.63) is 40.4 Å². The normalized spacial score (nSPS) is 10.7. The number of benzene rings is 1. The fraction of sp³-hybridized carbons (Fsp3) is 0.200. The molecule has 0 aliphatic heterocycles. The van der Waals surface area contributed by atoms with Gasteiger partial charge in [0.15, 0.2) is 0 Å². The number of anilines is 1. The lowest BCUT2D eigenvalue weighted by atomic mass is 10.2. The first kappa shape index (κ1) is 10.4. The van der Waals surface area contributed by atoms with Crippen molar-refractivity contribution in [3.63, 3.8) is 0 Å². The average Bonchev–Trinajstić information content (AvgIpc) is 2.12. The summed E-state index contributed by atoms with van der Waals surface area (Å²) < 4.78 is 0. The van der Waals surface area contributed by atoms with Crippen LogP contribution in [0.1, 0.15) is 5.56 Å². The Morgan fingerprint density at radius 3 is 2.85 bits per heavy atom. The van der Waals surface area contributed by atoms with Crippen LogP contribution in [-0.2, 0) is 0 Å². The minimum Gasteiger partial charge on any atom is -0.381 e. The molecule has 70 valence electrons. The zero-order valence-corrected chi connectivity index (χ0v) is 8.86. The first-order valence-corrected chi connectivity index (χ1v) is 4.80. The largest absolute Gasteiger partial charge is 0.381 e. The Bertz CT molecular complexity index is 308. The Kier molecular flexibility index (Phi) is 4.13. The summed E-state index contributed by atoms with van der Waals surface area (Å²) in [6, 6.07) is 5.87. The molecule has 0 aromatic heterocycles. The predicted octanol–water partition coefficient (Wildman–Crippen LogP) is 3.81. The quantitative estimate of drug-likeness (QED) is 0.809. The molecule has 0 atom stereocenters. The molecule has 1 aromatic carbocycles. The maximum absolute atomic E-state index is 5.94. The van der Waals surface area contributed by atoms with Gasteiger partial charge in [-0.1, -0.05) is 35.3 Å². The van der Waals surface area contributed by atoms with E-state index in [-0.39, 0.29) is 0 Å². The van der Waals surface area contributed by atoms with E-state index in [1.807, 2.05) is 31.2 Å². The van der Waals surface area contributed by atoms with E-state index in [1.54, 1.807) is 0 Å². The van der Waals surface area contributed by atoms with Crippen LogP contribution in [0.15, 0.2) is 29.8 Å². The molecule has 0 unspecified atom stereocenters. The summed E-state index contributed by atoms with van der Waals surface area (Å²) >= 11 is 11.3.